The number of carbonyl (C=O) groups excluding carboxylic acids is 1. The summed E-state index contributed by atoms with van der Waals surface area (Å²) in [5.74, 6) is -1.40. The highest BCUT2D eigenvalue weighted by Crippen LogP contribution is 2.34. The van der Waals surface area contributed by atoms with Crippen LogP contribution < -0.4 is 4.74 Å². The van der Waals surface area contributed by atoms with Crippen molar-refractivity contribution in [1.82, 2.24) is 19.7 Å². The standard InChI is InChI=1S/C23H22F2N4O2/c1-28-9-7-20(27-28)15-10-18(24)17(19(25)11-15)13-29-12-14-6-8-26-22(21(14)23(29)30)31-16-4-2-3-5-16/h6-11,16H,2-5,12-13H2,1H3. The SMILES string of the molecule is Cn1ccc(-c2cc(F)c(CN3Cc4ccnc(OC5CCCC5)c4C3=O)c(F)c2)n1. The fourth-order valence-electron chi connectivity index (χ4n) is 4.32. The van der Waals surface area contributed by atoms with E-state index >= 15 is 0 Å². The molecule has 1 amide bonds. The quantitative estimate of drug-likeness (QED) is 0.615. The van der Waals surface area contributed by atoms with Crippen LogP contribution in [0.5, 0.6) is 5.88 Å². The number of fused-ring (bicyclic) bond motifs is 1. The molecule has 160 valence electrons. The highest BCUT2D eigenvalue weighted by Gasteiger charge is 2.34. The largest absolute Gasteiger partial charge is 0.474 e. The minimum atomic E-state index is -0.704. The van der Waals surface area contributed by atoms with E-state index in [9.17, 15) is 13.6 Å². The summed E-state index contributed by atoms with van der Waals surface area (Å²) in [4.78, 5) is 18.7. The Morgan fingerprint density at radius 1 is 1.16 bits per heavy atom. The molecule has 0 unspecified atom stereocenters. The second-order valence-electron chi connectivity index (χ2n) is 8.13. The summed E-state index contributed by atoms with van der Waals surface area (Å²) in [6, 6.07) is 5.95. The molecule has 0 atom stereocenters. The summed E-state index contributed by atoms with van der Waals surface area (Å²) in [6.45, 7) is 0.0924. The topological polar surface area (TPSA) is 60.2 Å². The van der Waals surface area contributed by atoms with Gasteiger partial charge in [0.15, 0.2) is 0 Å². The number of hydrogen-bond donors (Lipinski definition) is 0. The van der Waals surface area contributed by atoms with Crippen LogP contribution >= 0.6 is 0 Å². The van der Waals surface area contributed by atoms with Gasteiger partial charge in [0.1, 0.15) is 23.3 Å². The second kappa shape index (κ2) is 7.76. The van der Waals surface area contributed by atoms with Crippen LogP contribution in [0.3, 0.4) is 0 Å². The molecule has 2 aromatic heterocycles. The van der Waals surface area contributed by atoms with Gasteiger partial charge >= 0.3 is 0 Å². The van der Waals surface area contributed by atoms with E-state index in [0.29, 0.717) is 22.7 Å². The Hall–Kier alpha value is -3.29. The Balaban J connectivity index is 1.39. The van der Waals surface area contributed by atoms with E-state index in [1.165, 1.54) is 17.0 Å². The molecular weight excluding hydrogens is 402 g/mol. The zero-order valence-corrected chi connectivity index (χ0v) is 17.1. The second-order valence-corrected chi connectivity index (χ2v) is 8.13. The maximum Gasteiger partial charge on any atom is 0.260 e. The minimum Gasteiger partial charge on any atom is -0.474 e. The van der Waals surface area contributed by atoms with E-state index in [0.717, 1.165) is 31.2 Å². The molecular formula is C23H22F2N4O2. The number of halogens is 2. The van der Waals surface area contributed by atoms with Crippen molar-refractivity contribution in [1.29, 1.82) is 0 Å². The van der Waals surface area contributed by atoms with Crippen molar-refractivity contribution in [3.05, 3.63) is 65.0 Å². The Kier molecular flexibility index (Phi) is 4.92. The number of pyridine rings is 1. The fraction of sp³-hybridized carbons (Fsp3) is 0.348. The molecule has 0 radical (unpaired) electrons. The van der Waals surface area contributed by atoms with Gasteiger partial charge in [0.2, 0.25) is 5.88 Å². The highest BCUT2D eigenvalue weighted by molar-refractivity contribution is 6.00. The van der Waals surface area contributed by atoms with Crippen LogP contribution in [0.4, 0.5) is 8.78 Å². The van der Waals surface area contributed by atoms with Crippen molar-refractivity contribution >= 4 is 5.91 Å². The minimum absolute atomic E-state index is 0.0647. The van der Waals surface area contributed by atoms with Gasteiger partial charge in [0, 0.05) is 37.1 Å². The fourth-order valence-corrected chi connectivity index (χ4v) is 4.32. The van der Waals surface area contributed by atoms with Crippen LogP contribution in [0, 0.1) is 11.6 Å². The third-order valence-corrected chi connectivity index (χ3v) is 5.94. The van der Waals surface area contributed by atoms with E-state index in [2.05, 4.69) is 10.1 Å². The number of aromatic nitrogens is 3. The lowest BCUT2D eigenvalue weighted by Gasteiger charge is -2.17. The molecule has 5 rings (SSSR count). The van der Waals surface area contributed by atoms with Gasteiger partial charge in [-0.2, -0.15) is 5.10 Å². The summed E-state index contributed by atoms with van der Waals surface area (Å²) in [6.07, 6.45) is 7.49. The summed E-state index contributed by atoms with van der Waals surface area (Å²) in [5.41, 5.74) is 1.86. The molecule has 0 N–H and O–H groups in total. The summed E-state index contributed by atoms with van der Waals surface area (Å²) >= 11 is 0. The molecule has 3 heterocycles. The Morgan fingerprint density at radius 2 is 1.90 bits per heavy atom. The van der Waals surface area contributed by atoms with Crippen LogP contribution in [-0.4, -0.2) is 31.7 Å². The maximum atomic E-state index is 14.8. The molecule has 1 aliphatic heterocycles. The normalized spacial score (nSPS) is 16.2. The van der Waals surface area contributed by atoms with Crippen LogP contribution in [0.15, 0.2) is 36.7 Å². The lowest BCUT2D eigenvalue weighted by Crippen LogP contribution is -2.25. The molecule has 3 aromatic rings. The van der Waals surface area contributed by atoms with Gasteiger partial charge < -0.3 is 9.64 Å². The van der Waals surface area contributed by atoms with E-state index in [1.807, 2.05) is 0 Å². The molecule has 6 nitrogen and oxygen atoms in total. The van der Waals surface area contributed by atoms with E-state index < -0.39 is 11.6 Å². The van der Waals surface area contributed by atoms with Crippen LogP contribution in [-0.2, 0) is 20.1 Å². The van der Waals surface area contributed by atoms with Crippen molar-refractivity contribution in [3.8, 4) is 17.1 Å². The maximum absolute atomic E-state index is 14.8. The van der Waals surface area contributed by atoms with Gasteiger partial charge in [0.25, 0.3) is 5.91 Å². The molecule has 1 saturated carbocycles. The molecule has 1 fully saturated rings. The first kappa shape index (κ1) is 19.7. The van der Waals surface area contributed by atoms with Gasteiger partial charge in [-0.25, -0.2) is 13.8 Å². The Morgan fingerprint density at radius 3 is 2.58 bits per heavy atom. The van der Waals surface area contributed by atoms with E-state index in [-0.39, 0.29) is 30.7 Å². The van der Waals surface area contributed by atoms with Crippen molar-refractivity contribution < 1.29 is 18.3 Å². The number of ether oxygens (including phenoxy) is 1. The molecule has 2 aliphatic rings. The monoisotopic (exact) mass is 424 g/mol. The molecule has 0 saturated heterocycles. The Bertz CT molecular complexity index is 1130. The number of hydrogen-bond acceptors (Lipinski definition) is 4. The van der Waals surface area contributed by atoms with Crippen LogP contribution in [0.1, 0.15) is 47.2 Å². The predicted molar refractivity (Wildman–Crippen MR) is 109 cm³/mol. The van der Waals surface area contributed by atoms with Gasteiger partial charge in [-0.15, -0.1) is 0 Å². The predicted octanol–water partition coefficient (Wildman–Crippen LogP) is 4.24. The first-order chi connectivity index (χ1) is 15.0. The third-order valence-electron chi connectivity index (χ3n) is 5.94. The number of rotatable bonds is 5. The number of nitrogens with zero attached hydrogens (tertiary/aromatic N) is 4. The van der Waals surface area contributed by atoms with Crippen molar-refractivity contribution in [2.45, 2.75) is 44.9 Å². The third kappa shape index (κ3) is 3.66. The smallest absolute Gasteiger partial charge is 0.260 e. The van der Waals surface area contributed by atoms with E-state index in [4.69, 9.17) is 4.74 Å². The number of aryl methyl sites for hydroxylation is 1. The van der Waals surface area contributed by atoms with Crippen LogP contribution in [0.25, 0.3) is 11.3 Å². The molecule has 1 aliphatic carbocycles. The van der Waals surface area contributed by atoms with Crippen molar-refractivity contribution in [2.75, 3.05) is 0 Å². The van der Waals surface area contributed by atoms with Crippen molar-refractivity contribution in [3.63, 3.8) is 0 Å². The summed E-state index contributed by atoms with van der Waals surface area (Å²) in [5, 5.41) is 4.18. The molecule has 31 heavy (non-hydrogen) atoms. The molecule has 8 heteroatoms. The summed E-state index contributed by atoms with van der Waals surface area (Å²) in [7, 11) is 1.74. The number of amides is 1. The van der Waals surface area contributed by atoms with Gasteiger partial charge in [-0.3, -0.25) is 9.48 Å². The van der Waals surface area contributed by atoms with Gasteiger partial charge in [0.05, 0.1) is 12.2 Å². The number of carbonyl (C=O) groups is 1. The highest BCUT2D eigenvalue weighted by atomic mass is 19.1. The summed E-state index contributed by atoms with van der Waals surface area (Å²) < 4.78 is 37.2. The van der Waals surface area contributed by atoms with Crippen molar-refractivity contribution in [2.24, 2.45) is 7.05 Å². The average Bonchev–Trinajstić information content (AvgIpc) is 3.47. The first-order valence-corrected chi connectivity index (χ1v) is 10.4. The van der Waals surface area contributed by atoms with E-state index in [1.54, 1.807) is 36.3 Å². The molecule has 0 bridgehead atoms. The Labute approximate surface area is 178 Å². The van der Waals surface area contributed by atoms with Gasteiger partial charge in [-0.1, -0.05) is 0 Å². The average molecular weight is 424 g/mol. The first-order valence-electron chi connectivity index (χ1n) is 10.4. The van der Waals surface area contributed by atoms with Crippen LogP contribution in [0.2, 0.25) is 0 Å². The zero-order chi connectivity index (χ0) is 21.5. The zero-order valence-electron chi connectivity index (χ0n) is 17.1. The molecule has 1 aromatic carbocycles. The lowest BCUT2D eigenvalue weighted by atomic mass is 10.1. The molecule has 0 spiro atoms. The lowest BCUT2D eigenvalue weighted by molar-refractivity contribution is 0.0757. The van der Waals surface area contributed by atoms with Gasteiger partial charge in [-0.05, 0) is 55.5 Å². The number of benzene rings is 1.